The molecule has 2 aromatic carbocycles. The van der Waals surface area contributed by atoms with Crippen molar-refractivity contribution in [2.75, 3.05) is 13.2 Å². The van der Waals surface area contributed by atoms with Crippen LogP contribution in [0.3, 0.4) is 0 Å². The maximum atomic E-state index is 9.32. The highest BCUT2D eigenvalue weighted by Gasteiger charge is 2.04. The van der Waals surface area contributed by atoms with Crippen LogP contribution in [-0.2, 0) is 19.8 Å². The third kappa shape index (κ3) is 5.53. The van der Waals surface area contributed by atoms with Crippen molar-refractivity contribution < 1.29 is 24.8 Å². The molecule has 0 amide bonds. The van der Waals surface area contributed by atoms with Crippen molar-refractivity contribution >= 4 is 0 Å². The molecule has 0 aliphatic rings. The van der Waals surface area contributed by atoms with Crippen LogP contribution in [-0.4, -0.2) is 28.5 Å². The molecule has 24 heavy (non-hydrogen) atoms. The maximum Gasteiger partial charge on any atom is 0.120 e. The minimum atomic E-state index is -0.135. The third-order valence-electron chi connectivity index (χ3n) is 3.64. The summed E-state index contributed by atoms with van der Waals surface area (Å²) in [7, 11) is 0. The lowest BCUT2D eigenvalue weighted by Crippen LogP contribution is -2.01. The van der Waals surface area contributed by atoms with Crippen molar-refractivity contribution in [2.45, 2.75) is 32.7 Å². The molecule has 0 radical (unpaired) electrons. The SMILES string of the molecule is OCCCCOc1cccc(COc2ccc(CO)c(CO)c2)c1. The summed E-state index contributed by atoms with van der Waals surface area (Å²) in [5.41, 5.74) is 2.34. The van der Waals surface area contributed by atoms with Gasteiger partial charge in [-0.3, -0.25) is 0 Å². The highest BCUT2D eigenvalue weighted by molar-refractivity contribution is 5.35. The molecule has 5 nitrogen and oxygen atoms in total. The van der Waals surface area contributed by atoms with Crippen LogP contribution in [0, 0.1) is 0 Å². The quantitative estimate of drug-likeness (QED) is 0.582. The normalized spacial score (nSPS) is 10.6. The fraction of sp³-hybridized carbons (Fsp3) is 0.368. The van der Waals surface area contributed by atoms with Crippen molar-refractivity contribution in [1.29, 1.82) is 0 Å². The summed E-state index contributed by atoms with van der Waals surface area (Å²) in [5, 5.41) is 27.3. The second-order valence-corrected chi connectivity index (χ2v) is 5.46. The van der Waals surface area contributed by atoms with Crippen LogP contribution in [0.25, 0.3) is 0 Å². The molecule has 3 N–H and O–H groups in total. The number of aliphatic hydroxyl groups excluding tert-OH is 3. The number of unbranched alkanes of at least 4 members (excludes halogenated alkanes) is 1. The van der Waals surface area contributed by atoms with E-state index in [1.165, 1.54) is 0 Å². The van der Waals surface area contributed by atoms with Crippen molar-refractivity contribution in [2.24, 2.45) is 0 Å². The zero-order chi connectivity index (χ0) is 17.2. The Morgan fingerprint density at radius 3 is 2.29 bits per heavy atom. The van der Waals surface area contributed by atoms with Crippen LogP contribution in [0.1, 0.15) is 29.5 Å². The van der Waals surface area contributed by atoms with E-state index in [4.69, 9.17) is 14.6 Å². The van der Waals surface area contributed by atoms with Crippen molar-refractivity contribution in [3.05, 3.63) is 59.2 Å². The Hall–Kier alpha value is -2.08. The second kappa shape index (κ2) is 9.93. The molecule has 0 unspecified atom stereocenters. The highest BCUT2D eigenvalue weighted by Crippen LogP contribution is 2.20. The van der Waals surface area contributed by atoms with E-state index in [1.807, 2.05) is 24.3 Å². The average Bonchev–Trinajstić information content (AvgIpc) is 2.63. The summed E-state index contributed by atoms with van der Waals surface area (Å²) < 4.78 is 11.4. The highest BCUT2D eigenvalue weighted by atomic mass is 16.5. The summed E-state index contributed by atoms with van der Waals surface area (Å²) in [6.45, 7) is 0.906. The van der Waals surface area contributed by atoms with E-state index in [-0.39, 0.29) is 19.8 Å². The van der Waals surface area contributed by atoms with Gasteiger partial charge in [0.25, 0.3) is 0 Å². The Labute approximate surface area is 142 Å². The first kappa shape index (κ1) is 18.3. The van der Waals surface area contributed by atoms with E-state index in [2.05, 4.69) is 0 Å². The Morgan fingerprint density at radius 2 is 1.54 bits per heavy atom. The first-order valence-electron chi connectivity index (χ1n) is 8.05. The Morgan fingerprint density at radius 1 is 0.750 bits per heavy atom. The lowest BCUT2D eigenvalue weighted by Gasteiger charge is -2.11. The number of benzene rings is 2. The summed E-state index contributed by atoms with van der Waals surface area (Å²) in [6, 6.07) is 12.9. The molecule has 5 heteroatoms. The fourth-order valence-corrected chi connectivity index (χ4v) is 2.29. The van der Waals surface area contributed by atoms with Gasteiger partial charge in [0.15, 0.2) is 0 Å². The van der Waals surface area contributed by atoms with Crippen LogP contribution in [0.5, 0.6) is 11.5 Å². The summed E-state index contributed by atoms with van der Waals surface area (Å²) in [4.78, 5) is 0. The second-order valence-electron chi connectivity index (χ2n) is 5.46. The molecule has 0 heterocycles. The van der Waals surface area contributed by atoms with E-state index in [0.717, 1.165) is 24.2 Å². The number of aliphatic hydroxyl groups is 3. The third-order valence-corrected chi connectivity index (χ3v) is 3.64. The van der Waals surface area contributed by atoms with Gasteiger partial charge in [-0.1, -0.05) is 18.2 Å². The first-order chi connectivity index (χ1) is 11.8. The summed E-state index contributed by atoms with van der Waals surface area (Å²) >= 11 is 0. The van der Waals surface area contributed by atoms with Gasteiger partial charge < -0.3 is 24.8 Å². The zero-order valence-corrected chi connectivity index (χ0v) is 13.6. The topological polar surface area (TPSA) is 79.2 Å². The molecule has 0 aliphatic heterocycles. The fourth-order valence-electron chi connectivity index (χ4n) is 2.29. The minimum absolute atomic E-state index is 0.105. The Bertz CT molecular complexity index is 627. The lowest BCUT2D eigenvalue weighted by molar-refractivity contribution is 0.252. The lowest BCUT2D eigenvalue weighted by atomic mass is 10.1. The average molecular weight is 332 g/mol. The van der Waals surface area contributed by atoms with Crippen molar-refractivity contribution in [3.63, 3.8) is 0 Å². The molecular formula is C19H24O5. The van der Waals surface area contributed by atoms with Crippen LogP contribution < -0.4 is 9.47 Å². The molecule has 2 rings (SSSR count). The molecule has 0 spiro atoms. The molecular weight excluding hydrogens is 308 g/mol. The number of hydrogen-bond donors (Lipinski definition) is 3. The van der Waals surface area contributed by atoms with Gasteiger partial charge in [-0.25, -0.2) is 0 Å². The summed E-state index contributed by atoms with van der Waals surface area (Å²) in [5.74, 6) is 1.42. The summed E-state index contributed by atoms with van der Waals surface area (Å²) in [6.07, 6.45) is 1.55. The van der Waals surface area contributed by atoms with Crippen LogP contribution in [0.2, 0.25) is 0 Å². The van der Waals surface area contributed by atoms with Gasteiger partial charge in [0, 0.05) is 6.61 Å². The van der Waals surface area contributed by atoms with Crippen LogP contribution in [0.15, 0.2) is 42.5 Å². The van der Waals surface area contributed by atoms with E-state index in [0.29, 0.717) is 30.1 Å². The molecule has 2 aromatic rings. The Balaban J connectivity index is 1.92. The van der Waals surface area contributed by atoms with Gasteiger partial charge in [0.05, 0.1) is 19.8 Å². The predicted octanol–water partition coefficient (Wildman–Crippen LogP) is 2.40. The zero-order valence-electron chi connectivity index (χ0n) is 13.6. The standard InChI is InChI=1S/C19H24O5/c20-8-1-2-9-23-18-5-3-4-15(10-18)14-24-19-7-6-16(12-21)17(11-19)13-22/h3-7,10-11,20-22H,1-2,8-9,12-14H2. The number of hydrogen-bond acceptors (Lipinski definition) is 5. The number of rotatable bonds is 10. The van der Waals surface area contributed by atoms with Crippen LogP contribution >= 0.6 is 0 Å². The molecule has 0 saturated heterocycles. The van der Waals surface area contributed by atoms with Crippen molar-refractivity contribution in [3.8, 4) is 11.5 Å². The van der Waals surface area contributed by atoms with Crippen molar-refractivity contribution in [1.82, 2.24) is 0 Å². The van der Waals surface area contributed by atoms with Gasteiger partial charge in [-0.05, 0) is 53.8 Å². The smallest absolute Gasteiger partial charge is 0.120 e. The van der Waals surface area contributed by atoms with Gasteiger partial charge >= 0.3 is 0 Å². The largest absolute Gasteiger partial charge is 0.494 e. The molecule has 0 aromatic heterocycles. The molecule has 0 bridgehead atoms. The molecule has 0 atom stereocenters. The van der Waals surface area contributed by atoms with Crippen LogP contribution in [0.4, 0.5) is 0 Å². The number of ether oxygens (including phenoxy) is 2. The maximum absolute atomic E-state index is 9.32. The van der Waals surface area contributed by atoms with Gasteiger partial charge in [0.2, 0.25) is 0 Å². The molecule has 0 saturated carbocycles. The van der Waals surface area contributed by atoms with E-state index in [1.54, 1.807) is 18.2 Å². The molecule has 0 fully saturated rings. The molecule has 0 aliphatic carbocycles. The van der Waals surface area contributed by atoms with Gasteiger partial charge in [-0.2, -0.15) is 0 Å². The molecule has 130 valence electrons. The van der Waals surface area contributed by atoms with Gasteiger partial charge in [0.1, 0.15) is 18.1 Å². The monoisotopic (exact) mass is 332 g/mol. The minimum Gasteiger partial charge on any atom is -0.494 e. The van der Waals surface area contributed by atoms with E-state index >= 15 is 0 Å². The first-order valence-corrected chi connectivity index (χ1v) is 8.05. The Kier molecular flexibility index (Phi) is 7.55. The van der Waals surface area contributed by atoms with Gasteiger partial charge in [-0.15, -0.1) is 0 Å². The van der Waals surface area contributed by atoms with E-state index in [9.17, 15) is 10.2 Å². The predicted molar refractivity (Wildman–Crippen MR) is 90.9 cm³/mol. The van der Waals surface area contributed by atoms with E-state index < -0.39 is 0 Å².